The number of nitrogens with zero attached hydrogens (tertiary/aromatic N) is 6. The highest BCUT2D eigenvalue weighted by Gasteiger charge is 2.33. The molecule has 29 heavy (non-hydrogen) atoms. The second-order valence-corrected chi connectivity index (χ2v) is 9.30. The maximum absolute atomic E-state index is 12.7. The van der Waals surface area contributed by atoms with E-state index in [4.69, 9.17) is 0 Å². The minimum Gasteiger partial charge on any atom is -0.299 e. The van der Waals surface area contributed by atoms with Crippen LogP contribution in [0, 0.1) is 0 Å². The van der Waals surface area contributed by atoms with Gasteiger partial charge in [0.15, 0.2) is 0 Å². The molecule has 2 saturated heterocycles. The Bertz CT molecular complexity index is 981. The van der Waals surface area contributed by atoms with Gasteiger partial charge in [-0.3, -0.25) is 14.7 Å². The summed E-state index contributed by atoms with van der Waals surface area (Å²) in [5, 5.41) is 4.46. The van der Waals surface area contributed by atoms with Gasteiger partial charge in [0.05, 0.1) is 12.2 Å². The van der Waals surface area contributed by atoms with Gasteiger partial charge in [-0.15, -0.1) is 0 Å². The molecule has 0 spiro atoms. The van der Waals surface area contributed by atoms with Crippen LogP contribution in [-0.4, -0.2) is 82.5 Å². The molecule has 2 aliphatic heterocycles. The van der Waals surface area contributed by atoms with Gasteiger partial charge >= 0.3 is 0 Å². The molecular formula is C19H26N6O3S. The Morgan fingerprint density at radius 3 is 2.31 bits per heavy atom. The van der Waals surface area contributed by atoms with Gasteiger partial charge in [-0.1, -0.05) is 0 Å². The third-order valence-corrected chi connectivity index (χ3v) is 7.54. The topological polar surface area (TPSA) is 91.6 Å². The quantitative estimate of drug-likeness (QED) is 0.669. The summed E-state index contributed by atoms with van der Waals surface area (Å²) >= 11 is 0. The molecule has 0 aromatic carbocycles. The summed E-state index contributed by atoms with van der Waals surface area (Å²) in [5.41, 5.74) is 1.43. The first-order valence-corrected chi connectivity index (χ1v) is 11.4. The van der Waals surface area contributed by atoms with Crippen LogP contribution in [-0.2, 0) is 16.8 Å². The van der Waals surface area contributed by atoms with Crippen LogP contribution in [0.4, 0.5) is 0 Å². The molecule has 156 valence electrons. The van der Waals surface area contributed by atoms with Crippen molar-refractivity contribution in [2.75, 3.05) is 45.8 Å². The predicted molar refractivity (Wildman–Crippen MR) is 109 cm³/mol. The van der Waals surface area contributed by atoms with Crippen LogP contribution in [0.1, 0.15) is 12.8 Å². The predicted octanol–water partition coefficient (Wildman–Crippen LogP) is 0.264. The fraction of sp³-hybridized carbons (Fsp3) is 0.526. The molecule has 2 fully saturated rings. The van der Waals surface area contributed by atoms with Crippen LogP contribution in [0.3, 0.4) is 0 Å². The molecule has 0 N–H and O–H groups in total. The lowest BCUT2D eigenvalue weighted by Gasteiger charge is -2.35. The summed E-state index contributed by atoms with van der Waals surface area (Å²) < 4.78 is 30.0. The first-order chi connectivity index (χ1) is 14.0. The molecule has 2 aromatic heterocycles. The third-order valence-electron chi connectivity index (χ3n) is 5.50. The van der Waals surface area contributed by atoms with Crippen molar-refractivity contribution in [2.45, 2.75) is 19.4 Å². The molecule has 0 bridgehead atoms. The van der Waals surface area contributed by atoms with Crippen LogP contribution in [0.2, 0.25) is 0 Å². The van der Waals surface area contributed by atoms with Crippen molar-refractivity contribution in [1.82, 2.24) is 28.3 Å². The van der Waals surface area contributed by atoms with Crippen LogP contribution < -0.4 is 5.56 Å². The van der Waals surface area contributed by atoms with E-state index in [1.54, 1.807) is 27.1 Å². The number of piperazine rings is 1. The molecule has 0 atom stereocenters. The summed E-state index contributed by atoms with van der Waals surface area (Å²) in [6.45, 7) is 4.66. The Balaban J connectivity index is 1.34. The zero-order valence-electron chi connectivity index (χ0n) is 16.4. The largest absolute Gasteiger partial charge is 0.299 e. The van der Waals surface area contributed by atoms with Crippen LogP contribution >= 0.6 is 0 Å². The smallest absolute Gasteiger partial charge is 0.282 e. The molecule has 2 aliphatic rings. The van der Waals surface area contributed by atoms with Gasteiger partial charge in [-0.25, -0.2) is 4.68 Å². The first-order valence-electron chi connectivity index (χ1n) is 10.0. The van der Waals surface area contributed by atoms with E-state index in [2.05, 4.69) is 15.0 Å². The maximum atomic E-state index is 12.7. The van der Waals surface area contributed by atoms with Crippen molar-refractivity contribution in [3.05, 3.63) is 47.0 Å². The summed E-state index contributed by atoms with van der Waals surface area (Å²) in [6, 6.07) is 6.97. The van der Waals surface area contributed by atoms with E-state index in [0.29, 0.717) is 58.1 Å². The Morgan fingerprint density at radius 1 is 0.897 bits per heavy atom. The lowest BCUT2D eigenvalue weighted by Crippen LogP contribution is -2.53. The van der Waals surface area contributed by atoms with E-state index in [9.17, 15) is 13.2 Å². The molecule has 0 saturated carbocycles. The van der Waals surface area contributed by atoms with Gasteiger partial charge in [-0.05, 0) is 31.0 Å². The summed E-state index contributed by atoms with van der Waals surface area (Å²) in [5.74, 6) is 0. The van der Waals surface area contributed by atoms with Crippen molar-refractivity contribution in [3.63, 3.8) is 0 Å². The fourth-order valence-electron chi connectivity index (χ4n) is 3.78. The molecule has 4 rings (SSSR count). The molecular weight excluding hydrogens is 392 g/mol. The molecule has 9 nitrogen and oxygen atoms in total. The van der Waals surface area contributed by atoms with E-state index in [0.717, 1.165) is 18.4 Å². The van der Waals surface area contributed by atoms with Gasteiger partial charge in [0, 0.05) is 69.8 Å². The van der Waals surface area contributed by atoms with E-state index < -0.39 is 10.2 Å². The third kappa shape index (κ3) is 4.55. The Morgan fingerprint density at radius 2 is 1.62 bits per heavy atom. The highest BCUT2D eigenvalue weighted by atomic mass is 32.2. The molecule has 0 unspecified atom stereocenters. The minimum absolute atomic E-state index is 0.145. The number of hydrogen-bond acceptors (Lipinski definition) is 6. The normalized spacial score (nSPS) is 19.6. The number of pyridine rings is 1. The van der Waals surface area contributed by atoms with E-state index >= 15 is 0 Å². The number of aromatic nitrogens is 3. The summed E-state index contributed by atoms with van der Waals surface area (Å²) in [4.78, 5) is 18.5. The minimum atomic E-state index is -3.33. The molecule has 0 amide bonds. The average Bonchev–Trinajstić information content (AvgIpc) is 3.30. The number of hydrogen-bond donors (Lipinski definition) is 0. The highest BCUT2D eigenvalue weighted by Crippen LogP contribution is 2.18. The van der Waals surface area contributed by atoms with E-state index in [-0.39, 0.29) is 5.56 Å². The first kappa shape index (κ1) is 20.1. The van der Waals surface area contributed by atoms with Crippen molar-refractivity contribution < 1.29 is 8.42 Å². The second-order valence-electron chi connectivity index (χ2n) is 7.38. The van der Waals surface area contributed by atoms with E-state index in [1.807, 2.05) is 12.1 Å². The molecule has 2 aromatic rings. The summed E-state index contributed by atoms with van der Waals surface area (Å²) in [6.07, 6.45) is 5.30. The standard InChI is InChI=1S/C19H26N6O3S/c26-19-6-5-18(17-4-3-7-20-16-17)21-25(19)15-12-22-10-13-24(14-11-22)29(27,28)23-8-1-2-9-23/h3-7,16H,1-2,8-15H2. The fourth-order valence-corrected chi connectivity index (χ4v) is 5.45. The highest BCUT2D eigenvalue weighted by molar-refractivity contribution is 7.86. The maximum Gasteiger partial charge on any atom is 0.282 e. The van der Waals surface area contributed by atoms with Crippen molar-refractivity contribution in [3.8, 4) is 11.3 Å². The van der Waals surface area contributed by atoms with Gasteiger partial charge in [0.2, 0.25) is 0 Å². The van der Waals surface area contributed by atoms with Gasteiger partial charge in [0.25, 0.3) is 15.8 Å². The van der Waals surface area contributed by atoms with Crippen LogP contribution in [0.5, 0.6) is 0 Å². The lowest BCUT2D eigenvalue weighted by atomic mass is 10.2. The lowest BCUT2D eigenvalue weighted by molar-refractivity contribution is 0.175. The van der Waals surface area contributed by atoms with Crippen LogP contribution in [0.25, 0.3) is 11.3 Å². The average molecular weight is 419 g/mol. The SMILES string of the molecule is O=c1ccc(-c2cccnc2)nn1CCN1CCN(S(=O)(=O)N2CCCC2)CC1. The summed E-state index contributed by atoms with van der Waals surface area (Å²) in [7, 11) is -3.33. The van der Waals surface area contributed by atoms with Gasteiger partial charge in [0.1, 0.15) is 0 Å². The Labute approximate surface area is 170 Å². The van der Waals surface area contributed by atoms with Crippen molar-refractivity contribution in [1.29, 1.82) is 0 Å². The molecule has 0 aliphatic carbocycles. The van der Waals surface area contributed by atoms with Gasteiger partial charge < -0.3 is 0 Å². The number of rotatable bonds is 6. The Hall–Kier alpha value is -2.14. The van der Waals surface area contributed by atoms with E-state index in [1.165, 1.54) is 10.7 Å². The molecule has 10 heteroatoms. The zero-order valence-corrected chi connectivity index (χ0v) is 17.2. The second kappa shape index (κ2) is 8.70. The van der Waals surface area contributed by atoms with Crippen molar-refractivity contribution in [2.24, 2.45) is 0 Å². The monoisotopic (exact) mass is 418 g/mol. The van der Waals surface area contributed by atoms with Gasteiger partial charge in [-0.2, -0.15) is 22.1 Å². The molecule has 4 heterocycles. The van der Waals surface area contributed by atoms with Crippen molar-refractivity contribution >= 4 is 10.2 Å². The molecule has 0 radical (unpaired) electrons. The van der Waals surface area contributed by atoms with Crippen LogP contribution in [0.15, 0.2) is 41.5 Å². The Kier molecular flexibility index (Phi) is 6.04. The zero-order chi connectivity index (χ0) is 20.3.